The molecule has 0 aliphatic carbocycles. The number of benzene rings is 1. The smallest absolute Gasteiger partial charge is 0.308 e. The normalized spacial score (nSPS) is 11.8. The van der Waals surface area contributed by atoms with E-state index in [2.05, 4.69) is 15.4 Å². The van der Waals surface area contributed by atoms with Gasteiger partial charge < -0.3 is 5.43 Å². The third kappa shape index (κ3) is 3.49. The zero-order valence-electron chi connectivity index (χ0n) is 11.6. The average molecular weight is 296 g/mol. The van der Waals surface area contributed by atoms with Crippen LogP contribution in [0.4, 0.5) is 19.0 Å². The minimum absolute atomic E-state index is 0.102. The van der Waals surface area contributed by atoms with Crippen molar-refractivity contribution in [3.8, 4) is 11.4 Å². The highest BCUT2D eigenvalue weighted by molar-refractivity contribution is 5.59. The number of nitrogens with two attached hydrogens (primary N) is 1. The van der Waals surface area contributed by atoms with Gasteiger partial charge in [0.2, 0.25) is 0 Å². The quantitative estimate of drug-likeness (QED) is 0.671. The molecule has 0 fully saturated rings. The van der Waals surface area contributed by atoms with Crippen LogP contribution in [0.3, 0.4) is 0 Å². The van der Waals surface area contributed by atoms with Crippen LogP contribution in [0.5, 0.6) is 0 Å². The second-order valence-corrected chi connectivity index (χ2v) is 4.88. The van der Waals surface area contributed by atoms with E-state index in [9.17, 15) is 13.2 Å². The first-order valence-electron chi connectivity index (χ1n) is 6.34. The number of rotatable bonds is 3. The van der Waals surface area contributed by atoms with E-state index in [1.165, 1.54) is 12.1 Å². The van der Waals surface area contributed by atoms with Gasteiger partial charge in [0.1, 0.15) is 5.82 Å². The maximum atomic E-state index is 12.8. The summed E-state index contributed by atoms with van der Waals surface area (Å²) in [4.78, 5) is 8.41. The van der Waals surface area contributed by atoms with Gasteiger partial charge in [-0.3, -0.25) is 0 Å². The van der Waals surface area contributed by atoms with Crippen LogP contribution < -0.4 is 11.3 Å². The fourth-order valence-corrected chi connectivity index (χ4v) is 1.80. The Morgan fingerprint density at radius 1 is 1.14 bits per heavy atom. The molecule has 4 nitrogen and oxygen atoms in total. The molecular weight excluding hydrogens is 281 g/mol. The predicted molar refractivity (Wildman–Crippen MR) is 74.4 cm³/mol. The Balaban J connectivity index is 2.53. The molecule has 0 amide bonds. The van der Waals surface area contributed by atoms with Gasteiger partial charge in [0.15, 0.2) is 5.82 Å². The third-order valence-electron chi connectivity index (χ3n) is 2.93. The number of nitrogens with one attached hydrogen (secondary N) is 1. The van der Waals surface area contributed by atoms with Crippen molar-refractivity contribution in [2.24, 2.45) is 5.84 Å². The summed E-state index contributed by atoms with van der Waals surface area (Å²) in [7, 11) is 0. The van der Waals surface area contributed by atoms with Crippen LogP contribution in [0, 0.1) is 0 Å². The van der Waals surface area contributed by atoms with Crippen molar-refractivity contribution in [2.45, 2.75) is 25.9 Å². The summed E-state index contributed by atoms with van der Waals surface area (Å²) in [5.41, 5.74) is 2.66. The van der Waals surface area contributed by atoms with Crippen molar-refractivity contribution in [1.29, 1.82) is 0 Å². The molecule has 0 saturated carbocycles. The molecule has 0 spiro atoms. The van der Waals surface area contributed by atoms with Crippen LogP contribution in [0.1, 0.15) is 31.0 Å². The highest BCUT2D eigenvalue weighted by atomic mass is 19.4. The van der Waals surface area contributed by atoms with Crippen molar-refractivity contribution in [1.82, 2.24) is 9.97 Å². The summed E-state index contributed by atoms with van der Waals surface area (Å²) in [6.07, 6.45) is -4.40. The Morgan fingerprint density at radius 2 is 1.86 bits per heavy atom. The van der Waals surface area contributed by atoms with Gasteiger partial charge in [0, 0.05) is 17.3 Å². The van der Waals surface area contributed by atoms with Crippen LogP contribution in [-0.2, 0) is 6.18 Å². The predicted octanol–water partition coefficient (Wildman–Crippen LogP) is 3.57. The van der Waals surface area contributed by atoms with E-state index in [1.807, 2.05) is 13.8 Å². The number of nitrogens with zero attached hydrogens (tertiary/aromatic N) is 2. The summed E-state index contributed by atoms with van der Waals surface area (Å²) in [6, 6.07) is 6.58. The lowest BCUT2D eigenvalue weighted by molar-refractivity contribution is -0.137. The first kappa shape index (κ1) is 15.2. The van der Waals surface area contributed by atoms with Crippen LogP contribution >= 0.6 is 0 Å². The number of aromatic nitrogens is 2. The molecule has 0 saturated heterocycles. The highest BCUT2D eigenvalue weighted by Gasteiger charge is 2.30. The van der Waals surface area contributed by atoms with E-state index in [0.717, 1.165) is 12.1 Å². The van der Waals surface area contributed by atoms with Gasteiger partial charge in [0.25, 0.3) is 0 Å². The fraction of sp³-hybridized carbons (Fsp3) is 0.286. The van der Waals surface area contributed by atoms with Gasteiger partial charge in [-0.25, -0.2) is 15.8 Å². The Hall–Kier alpha value is -2.15. The van der Waals surface area contributed by atoms with E-state index >= 15 is 0 Å². The fourth-order valence-electron chi connectivity index (χ4n) is 1.80. The van der Waals surface area contributed by atoms with E-state index < -0.39 is 11.7 Å². The summed E-state index contributed by atoms with van der Waals surface area (Å²) >= 11 is 0. The van der Waals surface area contributed by atoms with Crippen LogP contribution in [0.25, 0.3) is 11.4 Å². The number of halogens is 3. The number of anilines is 1. The van der Waals surface area contributed by atoms with Crippen LogP contribution in [0.2, 0.25) is 0 Å². The first-order valence-corrected chi connectivity index (χ1v) is 6.34. The van der Waals surface area contributed by atoms with E-state index in [4.69, 9.17) is 5.84 Å². The van der Waals surface area contributed by atoms with Crippen LogP contribution in [0.15, 0.2) is 30.3 Å². The SMILES string of the molecule is CC(C)c1cc(NN)nc(-c2cccc(C(F)(F)F)c2)n1. The Kier molecular flexibility index (Phi) is 4.13. The molecule has 1 aromatic carbocycles. The average Bonchev–Trinajstić information content (AvgIpc) is 2.46. The standard InChI is InChI=1S/C14H15F3N4/c1-8(2)11-7-12(21-18)20-13(19-11)9-4-3-5-10(6-9)14(15,16)17/h3-8H,18H2,1-2H3,(H,19,20,21). The third-order valence-corrected chi connectivity index (χ3v) is 2.93. The second-order valence-electron chi connectivity index (χ2n) is 4.88. The monoisotopic (exact) mass is 296 g/mol. The molecule has 0 bridgehead atoms. The number of hydrogen-bond donors (Lipinski definition) is 2. The summed E-state index contributed by atoms with van der Waals surface area (Å²) in [6.45, 7) is 3.86. The number of hydrazine groups is 1. The Bertz CT molecular complexity index is 638. The van der Waals surface area contributed by atoms with Crippen LogP contribution in [-0.4, -0.2) is 9.97 Å². The molecule has 21 heavy (non-hydrogen) atoms. The maximum Gasteiger partial charge on any atom is 0.416 e. The molecule has 2 aromatic rings. The van der Waals surface area contributed by atoms with Crippen molar-refractivity contribution in [2.75, 3.05) is 5.43 Å². The molecule has 0 unspecified atom stereocenters. The molecule has 0 atom stereocenters. The van der Waals surface area contributed by atoms with E-state index in [0.29, 0.717) is 17.1 Å². The van der Waals surface area contributed by atoms with Gasteiger partial charge in [-0.05, 0) is 18.1 Å². The molecule has 7 heteroatoms. The van der Waals surface area contributed by atoms with E-state index in [-0.39, 0.29) is 11.7 Å². The summed E-state index contributed by atoms with van der Waals surface area (Å²) in [5, 5.41) is 0. The van der Waals surface area contributed by atoms with Crippen molar-refractivity contribution >= 4 is 5.82 Å². The molecule has 0 aliphatic heterocycles. The molecule has 1 heterocycles. The molecule has 112 valence electrons. The molecule has 1 aromatic heterocycles. The lowest BCUT2D eigenvalue weighted by Crippen LogP contribution is -2.11. The highest BCUT2D eigenvalue weighted by Crippen LogP contribution is 2.31. The number of nitrogen functional groups attached to an aromatic ring is 1. The first-order chi connectivity index (χ1) is 9.81. The molecule has 2 rings (SSSR count). The maximum absolute atomic E-state index is 12.8. The molecule has 0 radical (unpaired) electrons. The zero-order chi connectivity index (χ0) is 15.6. The van der Waals surface area contributed by atoms with Crippen molar-refractivity contribution in [3.05, 3.63) is 41.6 Å². The Labute approximate surface area is 120 Å². The second kappa shape index (κ2) is 5.69. The van der Waals surface area contributed by atoms with Gasteiger partial charge in [0.05, 0.1) is 5.56 Å². The lowest BCUT2D eigenvalue weighted by Gasteiger charge is -2.11. The van der Waals surface area contributed by atoms with Gasteiger partial charge in [-0.2, -0.15) is 13.2 Å². The largest absolute Gasteiger partial charge is 0.416 e. The molecule has 0 aliphatic rings. The van der Waals surface area contributed by atoms with Gasteiger partial charge in [-0.15, -0.1) is 0 Å². The topological polar surface area (TPSA) is 63.8 Å². The van der Waals surface area contributed by atoms with Gasteiger partial charge in [-0.1, -0.05) is 26.0 Å². The van der Waals surface area contributed by atoms with Gasteiger partial charge >= 0.3 is 6.18 Å². The summed E-state index contributed by atoms with van der Waals surface area (Å²) in [5.74, 6) is 6.02. The Morgan fingerprint density at radius 3 is 2.43 bits per heavy atom. The van der Waals surface area contributed by atoms with E-state index in [1.54, 1.807) is 6.07 Å². The molecular formula is C14H15F3N4. The lowest BCUT2D eigenvalue weighted by atomic mass is 10.1. The number of hydrogen-bond acceptors (Lipinski definition) is 4. The molecule has 3 N–H and O–H groups in total. The van der Waals surface area contributed by atoms with Crippen molar-refractivity contribution in [3.63, 3.8) is 0 Å². The minimum Gasteiger partial charge on any atom is -0.308 e. The van der Waals surface area contributed by atoms with Crippen molar-refractivity contribution < 1.29 is 13.2 Å². The number of alkyl halides is 3. The minimum atomic E-state index is -4.40. The zero-order valence-corrected chi connectivity index (χ0v) is 11.6. The summed E-state index contributed by atoms with van der Waals surface area (Å²) < 4.78 is 38.3.